The normalized spacial score (nSPS) is 10.1. The van der Waals surface area contributed by atoms with E-state index in [1.165, 1.54) is 19.2 Å². The molecule has 1 aromatic carbocycles. The molecule has 0 spiro atoms. The second-order valence-corrected chi connectivity index (χ2v) is 3.51. The zero-order valence-corrected chi connectivity index (χ0v) is 9.54. The van der Waals surface area contributed by atoms with Crippen molar-refractivity contribution in [2.75, 3.05) is 7.11 Å². The van der Waals surface area contributed by atoms with E-state index in [2.05, 4.69) is 0 Å². The molecule has 0 amide bonds. The summed E-state index contributed by atoms with van der Waals surface area (Å²) in [6.07, 6.45) is 0.580. The van der Waals surface area contributed by atoms with Crippen molar-refractivity contribution in [3.63, 3.8) is 0 Å². The van der Waals surface area contributed by atoms with E-state index in [1.54, 1.807) is 18.2 Å². The van der Waals surface area contributed by atoms with E-state index in [4.69, 9.17) is 14.3 Å². The molecule has 0 unspecified atom stereocenters. The van der Waals surface area contributed by atoms with Crippen LogP contribution in [0.15, 0.2) is 34.7 Å². The van der Waals surface area contributed by atoms with Crippen molar-refractivity contribution in [1.82, 2.24) is 0 Å². The van der Waals surface area contributed by atoms with E-state index in [-0.39, 0.29) is 17.1 Å². The molecule has 1 heterocycles. The molecule has 2 rings (SSSR count). The Morgan fingerprint density at radius 3 is 2.67 bits per heavy atom. The van der Waals surface area contributed by atoms with Gasteiger partial charge in [0.05, 0.1) is 12.7 Å². The third-order valence-corrected chi connectivity index (χ3v) is 2.46. The van der Waals surface area contributed by atoms with E-state index in [1.807, 2.05) is 0 Å². The number of ether oxygens (including phenoxy) is 1. The van der Waals surface area contributed by atoms with Gasteiger partial charge >= 0.3 is 5.97 Å². The van der Waals surface area contributed by atoms with Gasteiger partial charge in [-0.1, -0.05) is 6.07 Å². The fourth-order valence-corrected chi connectivity index (χ4v) is 1.68. The lowest BCUT2D eigenvalue weighted by Gasteiger charge is -2.09. The Balaban J connectivity index is 2.59. The second-order valence-electron chi connectivity index (χ2n) is 3.51. The minimum atomic E-state index is -1.09. The van der Waals surface area contributed by atoms with E-state index in [0.717, 1.165) is 0 Å². The number of carboxylic acids is 1. The van der Waals surface area contributed by atoms with Gasteiger partial charge in [-0.3, -0.25) is 4.79 Å². The largest absolute Gasteiger partial charge is 0.495 e. The van der Waals surface area contributed by atoms with Gasteiger partial charge in [-0.15, -0.1) is 0 Å². The number of aldehydes is 1. The Hall–Kier alpha value is -2.56. The topological polar surface area (TPSA) is 76.7 Å². The van der Waals surface area contributed by atoms with E-state index in [9.17, 15) is 9.59 Å². The molecule has 0 aliphatic rings. The summed E-state index contributed by atoms with van der Waals surface area (Å²) in [5.74, 6) is -0.322. The number of rotatable bonds is 4. The summed E-state index contributed by atoms with van der Waals surface area (Å²) in [5, 5.41) is 9.05. The van der Waals surface area contributed by atoms with Gasteiger partial charge in [0.25, 0.3) is 0 Å². The molecular formula is C13H10O5. The number of carbonyl (C=O) groups excluding carboxylic acids is 1. The fourth-order valence-electron chi connectivity index (χ4n) is 1.68. The number of aromatic carboxylic acids is 1. The molecule has 0 aliphatic carbocycles. The smallest absolute Gasteiger partial charge is 0.339 e. The summed E-state index contributed by atoms with van der Waals surface area (Å²) in [5.41, 5.74) is 0.532. The van der Waals surface area contributed by atoms with Crippen LogP contribution in [0.25, 0.3) is 11.3 Å². The zero-order chi connectivity index (χ0) is 13.1. The maximum atomic E-state index is 11.1. The number of benzene rings is 1. The van der Waals surface area contributed by atoms with Crippen LogP contribution in [0.1, 0.15) is 20.9 Å². The number of methoxy groups -OCH3 is 1. The molecule has 0 aliphatic heterocycles. The van der Waals surface area contributed by atoms with Crippen molar-refractivity contribution in [2.24, 2.45) is 0 Å². The van der Waals surface area contributed by atoms with Gasteiger partial charge in [0.1, 0.15) is 17.1 Å². The van der Waals surface area contributed by atoms with Crippen molar-refractivity contribution in [1.29, 1.82) is 0 Å². The minimum absolute atomic E-state index is 0.0408. The summed E-state index contributed by atoms with van der Waals surface area (Å²) in [6, 6.07) is 7.79. The third kappa shape index (κ3) is 1.98. The van der Waals surface area contributed by atoms with Crippen LogP contribution in [0.3, 0.4) is 0 Å². The van der Waals surface area contributed by atoms with Gasteiger partial charge in [-0.2, -0.15) is 0 Å². The highest BCUT2D eigenvalue weighted by molar-refractivity contribution is 5.94. The lowest BCUT2D eigenvalue weighted by molar-refractivity contribution is 0.0693. The predicted molar refractivity (Wildman–Crippen MR) is 63.0 cm³/mol. The highest BCUT2D eigenvalue weighted by Crippen LogP contribution is 2.33. The van der Waals surface area contributed by atoms with Crippen LogP contribution in [0.5, 0.6) is 5.75 Å². The molecule has 0 saturated carbocycles. The van der Waals surface area contributed by atoms with Crippen LogP contribution in [0.4, 0.5) is 0 Å². The molecule has 0 bridgehead atoms. The van der Waals surface area contributed by atoms with Gasteiger partial charge in [-0.05, 0) is 24.3 Å². The number of carbonyl (C=O) groups is 2. The van der Waals surface area contributed by atoms with Gasteiger partial charge in [-0.25, -0.2) is 4.79 Å². The van der Waals surface area contributed by atoms with E-state index < -0.39 is 5.97 Å². The molecule has 5 heteroatoms. The number of hydrogen-bond acceptors (Lipinski definition) is 4. The molecule has 0 saturated heterocycles. The Bertz CT molecular complexity index is 597. The molecule has 1 N–H and O–H groups in total. The van der Waals surface area contributed by atoms with Crippen molar-refractivity contribution in [3.8, 4) is 17.1 Å². The summed E-state index contributed by atoms with van der Waals surface area (Å²) in [7, 11) is 1.38. The predicted octanol–water partition coefficient (Wildman–Crippen LogP) is 2.47. The Kier molecular flexibility index (Phi) is 3.14. The molecule has 2 aromatic rings. The summed E-state index contributed by atoms with van der Waals surface area (Å²) < 4.78 is 10.4. The molecule has 0 fully saturated rings. The quantitative estimate of drug-likeness (QED) is 0.838. The Morgan fingerprint density at radius 1 is 1.33 bits per heavy atom. The standard InChI is InChI=1S/C13H10O5/c1-17-12-9(3-2-4-10(12)13(15)16)11-6-5-8(7-14)18-11/h2-7H,1H3,(H,15,16). The zero-order valence-electron chi connectivity index (χ0n) is 9.54. The average Bonchev–Trinajstić information content (AvgIpc) is 2.86. The molecule has 0 radical (unpaired) electrons. The first-order chi connectivity index (χ1) is 8.67. The minimum Gasteiger partial charge on any atom is -0.495 e. The first-order valence-corrected chi connectivity index (χ1v) is 5.13. The highest BCUT2D eigenvalue weighted by atomic mass is 16.5. The third-order valence-electron chi connectivity index (χ3n) is 2.46. The van der Waals surface area contributed by atoms with Crippen LogP contribution in [-0.4, -0.2) is 24.5 Å². The van der Waals surface area contributed by atoms with Crippen molar-refractivity contribution >= 4 is 12.3 Å². The molecule has 92 valence electrons. The van der Waals surface area contributed by atoms with Gasteiger partial charge in [0.2, 0.25) is 0 Å². The van der Waals surface area contributed by atoms with Gasteiger partial charge < -0.3 is 14.3 Å². The van der Waals surface area contributed by atoms with Crippen LogP contribution in [0.2, 0.25) is 0 Å². The molecule has 1 aromatic heterocycles. The van der Waals surface area contributed by atoms with Crippen LogP contribution >= 0.6 is 0 Å². The van der Waals surface area contributed by atoms with E-state index in [0.29, 0.717) is 17.6 Å². The van der Waals surface area contributed by atoms with Gasteiger partial charge in [0.15, 0.2) is 12.0 Å². The van der Waals surface area contributed by atoms with Gasteiger partial charge in [0, 0.05) is 0 Å². The monoisotopic (exact) mass is 246 g/mol. The Labute approximate surface area is 103 Å². The Morgan fingerprint density at radius 2 is 2.11 bits per heavy atom. The fraction of sp³-hybridized carbons (Fsp3) is 0.0769. The summed E-state index contributed by atoms with van der Waals surface area (Å²) in [4.78, 5) is 21.6. The SMILES string of the molecule is COc1c(C(=O)O)cccc1-c1ccc(C=O)o1. The first kappa shape index (κ1) is 11.9. The average molecular weight is 246 g/mol. The van der Waals surface area contributed by atoms with Crippen molar-refractivity contribution in [3.05, 3.63) is 41.7 Å². The van der Waals surface area contributed by atoms with Crippen molar-refractivity contribution in [2.45, 2.75) is 0 Å². The number of carboxylic acid groups (broad SMARTS) is 1. The van der Waals surface area contributed by atoms with Crippen molar-refractivity contribution < 1.29 is 23.8 Å². The van der Waals surface area contributed by atoms with Crippen LogP contribution < -0.4 is 4.74 Å². The van der Waals surface area contributed by atoms with Crippen LogP contribution in [-0.2, 0) is 0 Å². The number of furan rings is 1. The molecule has 5 nitrogen and oxygen atoms in total. The van der Waals surface area contributed by atoms with Crippen LogP contribution in [0, 0.1) is 0 Å². The second kappa shape index (κ2) is 4.75. The first-order valence-electron chi connectivity index (χ1n) is 5.13. The lowest BCUT2D eigenvalue weighted by Crippen LogP contribution is -2.01. The molecular weight excluding hydrogens is 236 g/mol. The maximum absolute atomic E-state index is 11.1. The maximum Gasteiger partial charge on any atom is 0.339 e. The number of hydrogen-bond donors (Lipinski definition) is 1. The number of para-hydroxylation sites is 1. The summed E-state index contributed by atoms with van der Waals surface area (Å²) in [6.45, 7) is 0. The van der Waals surface area contributed by atoms with E-state index >= 15 is 0 Å². The highest BCUT2D eigenvalue weighted by Gasteiger charge is 2.17. The molecule has 18 heavy (non-hydrogen) atoms. The lowest BCUT2D eigenvalue weighted by atomic mass is 10.1. The molecule has 0 atom stereocenters. The summed E-state index contributed by atoms with van der Waals surface area (Å²) >= 11 is 0.